The van der Waals surface area contributed by atoms with Crippen LogP contribution in [0.2, 0.25) is 0 Å². The summed E-state index contributed by atoms with van der Waals surface area (Å²) < 4.78 is 22.1. The fourth-order valence-corrected chi connectivity index (χ4v) is 5.51. The normalized spacial score (nSPS) is 18.2. The summed E-state index contributed by atoms with van der Waals surface area (Å²) in [7, 11) is 0. The monoisotopic (exact) mass is 553 g/mol. The molecule has 3 aromatic rings. The molecule has 2 fully saturated rings. The second kappa shape index (κ2) is 10.7. The highest BCUT2D eigenvalue weighted by atomic mass is 19.1. The molecular formula is C29H36FN5O5. The summed E-state index contributed by atoms with van der Waals surface area (Å²) in [5.41, 5.74) is -0.940. The number of fused-ring (bicyclic) bond motifs is 1. The van der Waals surface area contributed by atoms with Crippen molar-refractivity contribution in [3.63, 3.8) is 0 Å². The van der Waals surface area contributed by atoms with E-state index < -0.39 is 17.0 Å². The number of aromatic nitrogens is 3. The molecule has 214 valence electrons. The minimum Gasteiger partial charge on any atom is -0.444 e. The summed E-state index contributed by atoms with van der Waals surface area (Å²) in [6, 6.07) is 7.28. The third-order valence-corrected chi connectivity index (χ3v) is 7.74. The standard InChI is InChI=1S/C29H36FN5O5/c1-28(2,3)40-27(38)33-13-8-22(9-14-33)35-15-10-23-24(35)31-19-34(26(23)37)18-29(39)11-16-32(17-12-29)25(36)20-4-6-21(30)7-5-20/h4-7,10,15,19,22,39H,8-9,11-14,16-18H2,1-3H3. The van der Waals surface area contributed by atoms with E-state index in [9.17, 15) is 23.9 Å². The first-order chi connectivity index (χ1) is 18.9. The Labute approximate surface area is 232 Å². The number of carbonyl (C=O) groups excluding carboxylic acids is 2. The van der Waals surface area contributed by atoms with Crippen LogP contribution in [0.3, 0.4) is 0 Å². The molecule has 2 saturated heterocycles. The van der Waals surface area contributed by atoms with Crippen LogP contribution in [0.1, 0.15) is 62.9 Å². The maximum absolute atomic E-state index is 13.3. The summed E-state index contributed by atoms with van der Waals surface area (Å²) in [5.74, 6) is -0.611. The Balaban J connectivity index is 1.22. The topological polar surface area (TPSA) is 110 Å². The lowest BCUT2D eigenvalue weighted by molar-refractivity contribution is -0.0299. The number of hydrogen-bond donors (Lipinski definition) is 1. The van der Waals surface area contributed by atoms with E-state index in [1.54, 1.807) is 15.9 Å². The second-order valence-electron chi connectivity index (χ2n) is 11.9. The minimum atomic E-state index is -1.16. The van der Waals surface area contributed by atoms with E-state index in [-0.39, 0.29) is 30.1 Å². The average Bonchev–Trinajstić information content (AvgIpc) is 3.35. The van der Waals surface area contributed by atoms with Crippen LogP contribution in [-0.4, -0.2) is 78.4 Å². The molecule has 2 aromatic heterocycles. The minimum absolute atomic E-state index is 0.0762. The Bertz CT molecular complexity index is 1440. The van der Waals surface area contributed by atoms with Gasteiger partial charge in [0.05, 0.1) is 17.5 Å². The number of benzene rings is 1. The van der Waals surface area contributed by atoms with Gasteiger partial charge in [-0.1, -0.05) is 0 Å². The molecule has 1 N–H and O–H groups in total. The summed E-state index contributed by atoms with van der Waals surface area (Å²) in [6.07, 6.45) is 5.09. The maximum Gasteiger partial charge on any atom is 0.410 e. The van der Waals surface area contributed by atoms with Gasteiger partial charge in [-0.2, -0.15) is 0 Å². The number of piperidine rings is 2. The lowest BCUT2D eigenvalue weighted by Gasteiger charge is -2.38. The van der Waals surface area contributed by atoms with Crippen LogP contribution >= 0.6 is 0 Å². The fourth-order valence-electron chi connectivity index (χ4n) is 5.51. The molecule has 2 aliphatic rings. The number of aliphatic hydroxyl groups is 1. The Hall–Kier alpha value is -3.73. The number of ether oxygens (including phenoxy) is 1. The summed E-state index contributed by atoms with van der Waals surface area (Å²) in [5, 5.41) is 11.7. The molecule has 0 saturated carbocycles. The smallest absolute Gasteiger partial charge is 0.410 e. The van der Waals surface area contributed by atoms with E-state index in [1.807, 2.05) is 31.5 Å². The molecular weight excluding hydrogens is 517 g/mol. The molecule has 0 spiro atoms. The van der Waals surface area contributed by atoms with Gasteiger partial charge in [0, 0.05) is 44.0 Å². The molecule has 4 heterocycles. The lowest BCUT2D eigenvalue weighted by Crippen LogP contribution is -2.49. The van der Waals surface area contributed by atoms with Gasteiger partial charge < -0.3 is 24.2 Å². The molecule has 0 atom stereocenters. The number of amides is 2. The van der Waals surface area contributed by atoms with Crippen molar-refractivity contribution in [1.82, 2.24) is 23.9 Å². The lowest BCUT2D eigenvalue weighted by atomic mass is 9.91. The van der Waals surface area contributed by atoms with Crippen molar-refractivity contribution in [2.75, 3.05) is 26.2 Å². The number of nitrogens with zero attached hydrogens (tertiary/aromatic N) is 5. The molecule has 0 radical (unpaired) electrons. The molecule has 11 heteroatoms. The molecule has 10 nitrogen and oxygen atoms in total. The number of halogens is 1. The molecule has 1 aromatic carbocycles. The van der Waals surface area contributed by atoms with Crippen molar-refractivity contribution in [3.05, 3.63) is 64.6 Å². The number of hydrogen-bond acceptors (Lipinski definition) is 6. The number of rotatable bonds is 4. The fraction of sp³-hybridized carbons (Fsp3) is 0.517. The van der Waals surface area contributed by atoms with Crippen molar-refractivity contribution in [3.8, 4) is 0 Å². The van der Waals surface area contributed by atoms with E-state index >= 15 is 0 Å². The first kappa shape index (κ1) is 27.8. The number of carbonyl (C=O) groups is 2. The maximum atomic E-state index is 13.3. The van der Waals surface area contributed by atoms with Crippen molar-refractivity contribution in [2.24, 2.45) is 0 Å². The van der Waals surface area contributed by atoms with Crippen LogP contribution in [0.5, 0.6) is 0 Å². The molecule has 0 aliphatic carbocycles. The van der Waals surface area contributed by atoms with Crippen molar-refractivity contribution >= 4 is 23.0 Å². The van der Waals surface area contributed by atoms with E-state index in [0.29, 0.717) is 55.6 Å². The highest BCUT2D eigenvalue weighted by Gasteiger charge is 2.35. The van der Waals surface area contributed by atoms with Crippen LogP contribution < -0.4 is 5.56 Å². The average molecular weight is 554 g/mol. The Morgan fingerprint density at radius 2 is 1.70 bits per heavy atom. The van der Waals surface area contributed by atoms with E-state index in [0.717, 1.165) is 12.8 Å². The van der Waals surface area contributed by atoms with Crippen LogP contribution in [0.4, 0.5) is 9.18 Å². The van der Waals surface area contributed by atoms with E-state index in [2.05, 4.69) is 4.98 Å². The third kappa shape index (κ3) is 5.89. The zero-order valence-corrected chi connectivity index (χ0v) is 23.2. The molecule has 5 rings (SSSR count). The van der Waals surface area contributed by atoms with Crippen molar-refractivity contribution in [2.45, 2.75) is 70.2 Å². The quantitative estimate of drug-likeness (QED) is 0.529. The zero-order valence-electron chi connectivity index (χ0n) is 23.2. The molecule has 0 bridgehead atoms. The van der Waals surface area contributed by atoms with E-state index in [1.165, 1.54) is 35.2 Å². The van der Waals surface area contributed by atoms with E-state index in [4.69, 9.17) is 4.74 Å². The predicted octanol–water partition coefficient (Wildman–Crippen LogP) is 3.58. The van der Waals surface area contributed by atoms with Crippen LogP contribution in [-0.2, 0) is 11.3 Å². The van der Waals surface area contributed by atoms with Crippen LogP contribution in [0, 0.1) is 5.82 Å². The number of likely N-dealkylation sites (tertiary alicyclic amines) is 2. The molecule has 2 aliphatic heterocycles. The van der Waals surface area contributed by atoms with Gasteiger partial charge in [0.25, 0.3) is 11.5 Å². The predicted molar refractivity (Wildman–Crippen MR) is 147 cm³/mol. The first-order valence-corrected chi connectivity index (χ1v) is 13.7. The summed E-state index contributed by atoms with van der Waals surface area (Å²) in [4.78, 5) is 46.4. The van der Waals surface area contributed by atoms with Crippen LogP contribution in [0.25, 0.3) is 11.0 Å². The largest absolute Gasteiger partial charge is 0.444 e. The van der Waals surface area contributed by atoms with Gasteiger partial charge in [0.1, 0.15) is 23.4 Å². The van der Waals surface area contributed by atoms with Crippen molar-refractivity contribution < 1.29 is 23.8 Å². The summed E-state index contributed by atoms with van der Waals surface area (Å²) >= 11 is 0. The first-order valence-electron chi connectivity index (χ1n) is 13.7. The molecule has 2 amide bonds. The zero-order chi connectivity index (χ0) is 28.7. The second-order valence-corrected chi connectivity index (χ2v) is 11.9. The molecule has 40 heavy (non-hydrogen) atoms. The van der Waals surface area contributed by atoms with Crippen LogP contribution in [0.15, 0.2) is 47.7 Å². The molecule has 0 unspecified atom stereocenters. The third-order valence-electron chi connectivity index (χ3n) is 7.74. The Kier molecular flexibility index (Phi) is 7.43. The van der Waals surface area contributed by atoms with Gasteiger partial charge in [-0.25, -0.2) is 14.2 Å². The van der Waals surface area contributed by atoms with Gasteiger partial charge in [0.2, 0.25) is 0 Å². The van der Waals surface area contributed by atoms with Gasteiger partial charge in [-0.05, 0) is 76.8 Å². The SMILES string of the molecule is CC(C)(C)OC(=O)N1CCC(n2ccc3c(=O)n(CC4(O)CCN(C(=O)c5ccc(F)cc5)CC4)cnc32)CC1. The van der Waals surface area contributed by atoms with Crippen molar-refractivity contribution in [1.29, 1.82) is 0 Å². The highest BCUT2D eigenvalue weighted by Crippen LogP contribution is 2.28. The highest BCUT2D eigenvalue weighted by molar-refractivity contribution is 5.94. The summed E-state index contributed by atoms with van der Waals surface area (Å²) in [6.45, 7) is 7.40. The van der Waals surface area contributed by atoms with Gasteiger partial charge in [0.15, 0.2) is 0 Å². The Morgan fingerprint density at radius 3 is 2.33 bits per heavy atom. The Morgan fingerprint density at radius 1 is 1.05 bits per heavy atom. The van der Waals surface area contributed by atoms with Gasteiger partial charge in [-0.15, -0.1) is 0 Å². The van der Waals surface area contributed by atoms with Gasteiger partial charge >= 0.3 is 6.09 Å². The van der Waals surface area contributed by atoms with Gasteiger partial charge in [-0.3, -0.25) is 14.2 Å².